The lowest BCUT2D eigenvalue weighted by atomic mass is 10.2. The lowest BCUT2D eigenvalue weighted by Gasteiger charge is -2.06. The number of aromatic amines is 1. The summed E-state index contributed by atoms with van der Waals surface area (Å²) in [5.74, 6) is 0.157. The second-order valence-electron chi connectivity index (χ2n) is 3.88. The summed E-state index contributed by atoms with van der Waals surface area (Å²) in [4.78, 5) is 11.8. The molecule has 3 rings (SSSR count). The van der Waals surface area contributed by atoms with Gasteiger partial charge in [-0.15, -0.1) is 15.3 Å². The minimum absolute atomic E-state index is 0.0333. The molecular formula is C10H9N9O. The second-order valence-corrected chi connectivity index (χ2v) is 3.88. The molecule has 1 amide bonds. The van der Waals surface area contributed by atoms with Crippen LogP contribution < -0.4 is 5.32 Å². The molecule has 2 aromatic heterocycles. The molecule has 20 heavy (non-hydrogen) atoms. The van der Waals surface area contributed by atoms with Gasteiger partial charge in [0.25, 0.3) is 11.7 Å². The van der Waals surface area contributed by atoms with Gasteiger partial charge in [0.1, 0.15) is 0 Å². The Kier molecular flexibility index (Phi) is 2.88. The number of carbonyl (C=O) groups excluding carboxylic acids is 1. The Morgan fingerprint density at radius 1 is 1.35 bits per heavy atom. The number of aromatic nitrogens is 8. The van der Waals surface area contributed by atoms with Crippen LogP contribution in [0.2, 0.25) is 0 Å². The minimum atomic E-state index is -0.454. The maximum absolute atomic E-state index is 11.8. The molecule has 100 valence electrons. The van der Waals surface area contributed by atoms with Gasteiger partial charge in [-0.05, 0) is 40.8 Å². The highest BCUT2D eigenvalue weighted by atomic mass is 16.2. The van der Waals surface area contributed by atoms with Crippen LogP contribution in [0.1, 0.15) is 16.4 Å². The highest BCUT2D eigenvalue weighted by molar-refractivity contribution is 6.01. The van der Waals surface area contributed by atoms with Gasteiger partial charge in [0.05, 0.1) is 5.69 Å². The van der Waals surface area contributed by atoms with Crippen LogP contribution in [0.5, 0.6) is 0 Å². The first kappa shape index (κ1) is 11.9. The number of carbonyl (C=O) groups is 1. The van der Waals surface area contributed by atoms with Gasteiger partial charge in [-0.25, -0.2) is 0 Å². The van der Waals surface area contributed by atoms with Crippen molar-refractivity contribution in [2.24, 2.45) is 0 Å². The van der Waals surface area contributed by atoms with Crippen LogP contribution in [0.3, 0.4) is 0 Å². The van der Waals surface area contributed by atoms with E-state index >= 15 is 0 Å². The molecule has 0 saturated heterocycles. The summed E-state index contributed by atoms with van der Waals surface area (Å²) in [6, 6.07) is 7.08. The normalized spacial score (nSPS) is 10.4. The number of nitrogens with one attached hydrogen (secondary N) is 2. The van der Waals surface area contributed by atoms with Gasteiger partial charge in [0, 0.05) is 5.69 Å². The van der Waals surface area contributed by atoms with E-state index in [2.05, 4.69) is 41.5 Å². The average molecular weight is 271 g/mol. The summed E-state index contributed by atoms with van der Waals surface area (Å²) in [6.07, 6.45) is 0. The Bertz CT molecular complexity index is 733. The van der Waals surface area contributed by atoms with Crippen molar-refractivity contribution in [2.45, 2.75) is 6.92 Å². The fourth-order valence-electron chi connectivity index (χ4n) is 1.63. The number of benzene rings is 1. The third kappa shape index (κ3) is 2.21. The van der Waals surface area contributed by atoms with Gasteiger partial charge >= 0.3 is 0 Å². The van der Waals surface area contributed by atoms with E-state index in [4.69, 9.17) is 0 Å². The molecule has 0 fully saturated rings. The Morgan fingerprint density at radius 2 is 2.25 bits per heavy atom. The summed E-state index contributed by atoms with van der Waals surface area (Å²) in [5.41, 5.74) is 1.31. The van der Waals surface area contributed by atoms with Crippen molar-refractivity contribution < 1.29 is 4.79 Å². The Balaban J connectivity index is 1.85. The van der Waals surface area contributed by atoms with Crippen molar-refractivity contribution in [3.05, 3.63) is 35.9 Å². The zero-order valence-corrected chi connectivity index (χ0v) is 10.3. The average Bonchev–Trinajstić information content (AvgIpc) is 3.10. The number of tetrazole rings is 2. The predicted molar refractivity (Wildman–Crippen MR) is 66.0 cm³/mol. The Morgan fingerprint density at radius 3 is 2.95 bits per heavy atom. The molecule has 10 nitrogen and oxygen atoms in total. The first-order valence-corrected chi connectivity index (χ1v) is 5.64. The molecule has 0 aliphatic rings. The standard InChI is InChI=1S/C10H9N9O/c1-6-12-17-18-19(6)8-4-2-3-7(5-8)11-10(20)9-13-15-16-14-9/h2-5H,1H3,(H,11,20)(H,13,14,15,16). The molecule has 3 aromatic rings. The highest BCUT2D eigenvalue weighted by Gasteiger charge is 2.11. The van der Waals surface area contributed by atoms with E-state index in [1.165, 1.54) is 0 Å². The van der Waals surface area contributed by atoms with Crippen molar-refractivity contribution in [1.82, 2.24) is 40.8 Å². The number of aryl methyl sites for hydroxylation is 1. The van der Waals surface area contributed by atoms with Crippen LogP contribution in [-0.4, -0.2) is 46.7 Å². The van der Waals surface area contributed by atoms with E-state index < -0.39 is 5.91 Å². The molecule has 0 bridgehead atoms. The minimum Gasteiger partial charge on any atom is -0.319 e. The van der Waals surface area contributed by atoms with Crippen LogP contribution in [0.4, 0.5) is 5.69 Å². The summed E-state index contributed by atoms with van der Waals surface area (Å²) in [6.45, 7) is 1.78. The van der Waals surface area contributed by atoms with Crippen LogP contribution in [0.15, 0.2) is 24.3 Å². The van der Waals surface area contributed by atoms with Gasteiger partial charge in [-0.1, -0.05) is 6.07 Å². The summed E-state index contributed by atoms with van der Waals surface area (Å²) in [7, 11) is 0. The maximum Gasteiger partial charge on any atom is 0.297 e. The molecule has 0 aliphatic carbocycles. The van der Waals surface area contributed by atoms with Gasteiger partial charge in [0.15, 0.2) is 5.82 Å². The SMILES string of the molecule is Cc1nnnn1-c1cccc(NC(=O)c2nn[nH]n2)c1. The molecule has 0 unspecified atom stereocenters. The highest BCUT2D eigenvalue weighted by Crippen LogP contribution is 2.14. The molecule has 0 saturated carbocycles. The maximum atomic E-state index is 11.8. The quantitative estimate of drug-likeness (QED) is 0.671. The lowest BCUT2D eigenvalue weighted by molar-refractivity contribution is 0.101. The molecular weight excluding hydrogens is 262 g/mol. The largest absolute Gasteiger partial charge is 0.319 e. The fraction of sp³-hybridized carbons (Fsp3) is 0.100. The van der Waals surface area contributed by atoms with E-state index in [9.17, 15) is 4.79 Å². The van der Waals surface area contributed by atoms with E-state index in [0.717, 1.165) is 5.69 Å². The summed E-state index contributed by atoms with van der Waals surface area (Å²) < 4.78 is 1.56. The van der Waals surface area contributed by atoms with Gasteiger partial charge < -0.3 is 5.32 Å². The van der Waals surface area contributed by atoms with Crippen LogP contribution >= 0.6 is 0 Å². The predicted octanol–water partition coefficient (Wildman–Crippen LogP) is -0.264. The number of hydrogen-bond acceptors (Lipinski definition) is 7. The van der Waals surface area contributed by atoms with Crippen molar-refractivity contribution in [3.63, 3.8) is 0 Å². The molecule has 2 heterocycles. The number of anilines is 1. The van der Waals surface area contributed by atoms with Gasteiger partial charge in [-0.3, -0.25) is 4.79 Å². The van der Waals surface area contributed by atoms with Crippen molar-refractivity contribution in [2.75, 3.05) is 5.32 Å². The number of hydrogen-bond donors (Lipinski definition) is 2. The number of amides is 1. The summed E-state index contributed by atoms with van der Waals surface area (Å²) >= 11 is 0. The zero-order valence-electron chi connectivity index (χ0n) is 10.3. The van der Waals surface area contributed by atoms with Crippen molar-refractivity contribution in [3.8, 4) is 5.69 Å². The third-order valence-corrected chi connectivity index (χ3v) is 2.52. The van der Waals surface area contributed by atoms with E-state index in [-0.39, 0.29) is 5.82 Å². The fourth-order valence-corrected chi connectivity index (χ4v) is 1.63. The van der Waals surface area contributed by atoms with E-state index in [0.29, 0.717) is 11.5 Å². The molecule has 0 atom stereocenters. The molecule has 10 heteroatoms. The molecule has 1 aromatic carbocycles. The first-order valence-electron chi connectivity index (χ1n) is 5.64. The van der Waals surface area contributed by atoms with Gasteiger partial charge in [-0.2, -0.15) is 9.90 Å². The van der Waals surface area contributed by atoms with Gasteiger partial charge in [0.2, 0.25) is 0 Å². The lowest BCUT2D eigenvalue weighted by Crippen LogP contribution is -2.14. The van der Waals surface area contributed by atoms with E-state index in [1.54, 1.807) is 29.8 Å². The summed E-state index contributed by atoms with van der Waals surface area (Å²) in [5, 5.41) is 26.6. The number of H-pyrrole nitrogens is 1. The Hall–Kier alpha value is -3.17. The van der Waals surface area contributed by atoms with Crippen LogP contribution in [0, 0.1) is 6.92 Å². The smallest absolute Gasteiger partial charge is 0.297 e. The molecule has 0 aliphatic heterocycles. The van der Waals surface area contributed by atoms with Crippen molar-refractivity contribution >= 4 is 11.6 Å². The monoisotopic (exact) mass is 271 g/mol. The first-order chi connectivity index (χ1) is 9.74. The van der Waals surface area contributed by atoms with Crippen LogP contribution in [0.25, 0.3) is 5.69 Å². The molecule has 0 spiro atoms. The Labute approximate surface area is 112 Å². The third-order valence-electron chi connectivity index (χ3n) is 2.52. The second kappa shape index (κ2) is 4.84. The molecule has 0 radical (unpaired) electrons. The van der Waals surface area contributed by atoms with Crippen molar-refractivity contribution in [1.29, 1.82) is 0 Å². The topological polar surface area (TPSA) is 127 Å². The number of nitrogens with zero attached hydrogens (tertiary/aromatic N) is 7. The van der Waals surface area contributed by atoms with E-state index in [1.807, 2.05) is 6.07 Å². The van der Waals surface area contributed by atoms with Crippen LogP contribution in [-0.2, 0) is 0 Å². The number of rotatable bonds is 3. The zero-order chi connectivity index (χ0) is 13.9. The molecule has 2 N–H and O–H groups in total.